The molecule has 1 aromatic carbocycles. The Bertz CT molecular complexity index is 944. The number of hydrogen-bond donors (Lipinski definition) is 3. The third-order valence-corrected chi connectivity index (χ3v) is 7.53. The van der Waals surface area contributed by atoms with Crippen molar-refractivity contribution in [3.63, 3.8) is 0 Å². The van der Waals surface area contributed by atoms with Crippen LogP contribution in [0.2, 0.25) is 0 Å². The maximum atomic E-state index is 12.7. The molecule has 0 heterocycles. The van der Waals surface area contributed by atoms with E-state index < -0.39 is 33.9 Å². The Hall–Kier alpha value is -2.34. The number of carboxylic acids is 2. The van der Waals surface area contributed by atoms with E-state index in [1.54, 1.807) is 12.1 Å². The molecule has 0 bridgehead atoms. The van der Waals surface area contributed by atoms with E-state index in [2.05, 4.69) is 23.3 Å². The predicted molar refractivity (Wildman–Crippen MR) is 133 cm³/mol. The van der Waals surface area contributed by atoms with Gasteiger partial charge in [0.05, 0.1) is 6.42 Å². The van der Waals surface area contributed by atoms with E-state index >= 15 is 0 Å². The smallest absolute Gasteiger partial charge is 0.430 e. The summed E-state index contributed by atoms with van der Waals surface area (Å²) in [5, 5.41) is 18.1. The van der Waals surface area contributed by atoms with Crippen molar-refractivity contribution in [2.24, 2.45) is 5.92 Å². The number of halogens is 3. The van der Waals surface area contributed by atoms with Crippen LogP contribution in [0, 0.1) is 5.92 Å². The summed E-state index contributed by atoms with van der Waals surface area (Å²) < 4.78 is 62.2. The molecule has 8 nitrogen and oxygen atoms in total. The molecule has 12 heteroatoms. The lowest BCUT2D eigenvalue weighted by Gasteiger charge is -2.38. The Morgan fingerprint density at radius 2 is 1.57 bits per heavy atom. The van der Waals surface area contributed by atoms with E-state index in [4.69, 9.17) is 9.90 Å². The molecule has 0 spiro atoms. The molecule has 1 fully saturated rings. The first-order valence-corrected chi connectivity index (χ1v) is 14.1. The van der Waals surface area contributed by atoms with Gasteiger partial charge in [0.1, 0.15) is 5.97 Å². The Labute approximate surface area is 217 Å². The number of unbranched alkanes of at least 4 members (excludes halogenated alkanes) is 5. The predicted octanol–water partition coefficient (Wildman–Crippen LogP) is 4.56. The van der Waals surface area contributed by atoms with Gasteiger partial charge in [-0.05, 0) is 62.1 Å². The highest BCUT2D eigenvalue weighted by molar-refractivity contribution is 7.90. The van der Waals surface area contributed by atoms with E-state index in [0.717, 1.165) is 25.7 Å². The minimum atomic E-state index is -5.19. The van der Waals surface area contributed by atoms with Gasteiger partial charge < -0.3 is 15.0 Å². The van der Waals surface area contributed by atoms with Gasteiger partial charge >= 0.3 is 12.1 Å². The summed E-state index contributed by atoms with van der Waals surface area (Å²) in [6.07, 6.45) is 5.83. The van der Waals surface area contributed by atoms with Crippen LogP contribution in [0.25, 0.3) is 0 Å². The number of benzene rings is 1. The molecule has 1 aliphatic carbocycles. The van der Waals surface area contributed by atoms with E-state index in [1.807, 2.05) is 12.1 Å². The maximum Gasteiger partial charge on any atom is 0.430 e. The van der Waals surface area contributed by atoms with Crippen molar-refractivity contribution >= 4 is 27.8 Å². The molecular formula is C25H38F3N2O6S-. The minimum Gasteiger partial charge on any atom is -0.542 e. The molecule has 0 unspecified atom stereocenters. The summed E-state index contributed by atoms with van der Waals surface area (Å²) in [5.41, 5.74) is 0.774. The third kappa shape index (κ3) is 13.7. The molecule has 37 heavy (non-hydrogen) atoms. The summed E-state index contributed by atoms with van der Waals surface area (Å²) in [6.45, 7) is 4.33. The average Bonchev–Trinajstić information content (AvgIpc) is 2.78. The van der Waals surface area contributed by atoms with Gasteiger partial charge in [0.15, 0.2) is 0 Å². The highest BCUT2D eigenvalue weighted by Crippen LogP contribution is 2.35. The highest BCUT2D eigenvalue weighted by Gasteiger charge is 2.39. The topological polar surface area (TPSA) is 136 Å². The summed E-state index contributed by atoms with van der Waals surface area (Å²) in [7, 11) is -3.86. The molecule has 212 valence electrons. The number of carbonyl (C=O) groups is 2. The second-order valence-electron chi connectivity index (χ2n) is 9.74. The number of aliphatic carboxylic acids is 2. The van der Waals surface area contributed by atoms with Crippen LogP contribution in [0.15, 0.2) is 24.3 Å². The van der Waals surface area contributed by atoms with E-state index in [-0.39, 0.29) is 6.42 Å². The van der Waals surface area contributed by atoms with Crippen LogP contribution in [0.1, 0.15) is 90.0 Å². The third-order valence-electron chi connectivity index (χ3n) is 6.33. The van der Waals surface area contributed by atoms with Gasteiger partial charge in [-0.1, -0.05) is 58.1 Å². The largest absolute Gasteiger partial charge is 0.542 e. The number of nitrogens with one attached hydrogen (secondary N) is 2. The molecule has 0 aromatic heterocycles. The lowest BCUT2D eigenvalue weighted by atomic mass is 9.76. The van der Waals surface area contributed by atoms with Gasteiger partial charge in [-0.2, -0.15) is 26.3 Å². The van der Waals surface area contributed by atoms with Crippen LogP contribution in [0.3, 0.4) is 0 Å². The van der Waals surface area contributed by atoms with Crippen LogP contribution in [0.5, 0.6) is 0 Å². The molecule has 1 saturated carbocycles. The van der Waals surface area contributed by atoms with Crippen LogP contribution in [-0.4, -0.2) is 37.2 Å². The van der Waals surface area contributed by atoms with E-state index in [9.17, 15) is 31.5 Å². The Morgan fingerprint density at radius 3 is 2.05 bits per heavy atom. The average molecular weight is 552 g/mol. The zero-order chi connectivity index (χ0) is 28.1. The van der Waals surface area contributed by atoms with E-state index in [1.165, 1.54) is 37.7 Å². The molecule has 0 amide bonds. The summed E-state index contributed by atoms with van der Waals surface area (Å²) in [6, 6.07) is 7.47. The van der Waals surface area contributed by atoms with Crippen LogP contribution >= 0.6 is 0 Å². The van der Waals surface area contributed by atoms with Gasteiger partial charge in [0.2, 0.25) is 0 Å². The highest BCUT2D eigenvalue weighted by atomic mass is 32.2. The van der Waals surface area contributed by atoms with Crippen molar-refractivity contribution in [3.05, 3.63) is 29.8 Å². The molecule has 1 aromatic rings. The van der Waals surface area contributed by atoms with Crippen LogP contribution in [0.4, 0.5) is 18.9 Å². The lowest BCUT2D eigenvalue weighted by Crippen LogP contribution is -2.53. The summed E-state index contributed by atoms with van der Waals surface area (Å²) in [5.74, 6) is -3.50. The first-order chi connectivity index (χ1) is 17.2. The van der Waals surface area contributed by atoms with Crippen molar-refractivity contribution in [2.75, 3.05) is 4.72 Å². The number of carboxylic acid groups (broad SMARTS) is 2. The molecule has 0 radical (unpaired) electrons. The Balaban J connectivity index is 0.000000856. The minimum absolute atomic E-state index is 0.197. The zero-order valence-corrected chi connectivity index (χ0v) is 22.2. The van der Waals surface area contributed by atoms with Crippen molar-refractivity contribution in [1.29, 1.82) is 0 Å². The van der Waals surface area contributed by atoms with Gasteiger partial charge in [0, 0.05) is 11.2 Å². The molecular weight excluding hydrogens is 513 g/mol. The second-order valence-corrected chi connectivity index (χ2v) is 11.2. The monoisotopic (exact) mass is 551 g/mol. The van der Waals surface area contributed by atoms with Crippen molar-refractivity contribution in [1.82, 2.24) is 4.72 Å². The summed E-state index contributed by atoms with van der Waals surface area (Å²) >= 11 is 0. The molecule has 0 atom stereocenters. The van der Waals surface area contributed by atoms with Crippen molar-refractivity contribution < 1.29 is 41.4 Å². The fourth-order valence-corrected chi connectivity index (χ4v) is 5.58. The molecule has 1 aliphatic rings. The number of carbonyl (C=O) groups excluding carboxylic acids is 1. The van der Waals surface area contributed by atoms with Crippen molar-refractivity contribution in [3.8, 4) is 0 Å². The van der Waals surface area contributed by atoms with Crippen LogP contribution in [-0.2, 0) is 26.2 Å². The number of aryl methyl sites for hydroxylation is 1. The molecule has 0 saturated heterocycles. The van der Waals surface area contributed by atoms with Crippen LogP contribution < -0.4 is 14.6 Å². The standard InChI is InChI=1S/C23H38N2O4S.C2HF3O2/c1-3-4-5-6-7-8-9-20-10-12-21(13-11-20)24-30(28,29)25-23(18-22(26)27)16-14-19(2)15-17-23;3-2(4,5)1(6)7/h10-13,19,24-25H,3-9,14-18H2,1-2H3,(H,26,27);(H,6,7)/p-1. The number of anilines is 1. The zero-order valence-electron chi connectivity index (χ0n) is 21.4. The number of hydrogen-bond acceptors (Lipinski definition) is 5. The second kappa shape index (κ2) is 15.2. The lowest BCUT2D eigenvalue weighted by molar-refractivity contribution is -0.344. The normalized spacial score (nSPS) is 20.0. The van der Waals surface area contributed by atoms with Gasteiger partial charge in [-0.3, -0.25) is 9.52 Å². The first-order valence-electron chi connectivity index (χ1n) is 12.6. The molecule has 2 rings (SSSR count). The fraction of sp³-hybridized carbons (Fsp3) is 0.680. The Kier molecular flexibility index (Phi) is 13.4. The summed E-state index contributed by atoms with van der Waals surface area (Å²) in [4.78, 5) is 20.1. The van der Waals surface area contributed by atoms with E-state index in [0.29, 0.717) is 24.4 Å². The Morgan fingerprint density at radius 1 is 1.05 bits per heavy atom. The molecule has 0 aliphatic heterocycles. The number of alkyl halides is 3. The quantitative estimate of drug-likeness (QED) is 0.308. The van der Waals surface area contributed by atoms with Crippen molar-refractivity contribution in [2.45, 2.75) is 103 Å². The van der Waals surface area contributed by atoms with Gasteiger partial charge in [-0.15, -0.1) is 0 Å². The van der Waals surface area contributed by atoms with Gasteiger partial charge in [0.25, 0.3) is 10.2 Å². The first kappa shape index (κ1) is 32.7. The molecule has 3 N–H and O–H groups in total. The number of rotatable bonds is 13. The van der Waals surface area contributed by atoms with Gasteiger partial charge in [-0.25, -0.2) is 0 Å². The SMILES string of the molecule is CCCCCCCCc1ccc(NS(=O)(=O)NC2(CC(=O)O)CCC(C)CC2)cc1.O=C([O-])C(F)(F)F. The maximum absolute atomic E-state index is 12.7. The fourth-order valence-electron chi connectivity index (χ4n) is 4.23.